The summed E-state index contributed by atoms with van der Waals surface area (Å²) in [4.78, 5) is 0. The van der Waals surface area contributed by atoms with Gasteiger partial charge in [0, 0.05) is 4.47 Å². The minimum atomic E-state index is -1.24. The van der Waals surface area contributed by atoms with Crippen LogP contribution in [0.1, 0.15) is 0 Å². The monoisotopic (exact) mass is 248 g/mol. The van der Waals surface area contributed by atoms with E-state index in [0.717, 1.165) is 4.47 Å². The van der Waals surface area contributed by atoms with Crippen molar-refractivity contribution in [2.24, 2.45) is 0 Å². The maximum absolute atomic E-state index is 5.40. The van der Waals surface area contributed by atoms with Gasteiger partial charge in [-0.25, -0.2) is 0 Å². The fourth-order valence-corrected chi connectivity index (χ4v) is 2.62. The van der Waals surface area contributed by atoms with Crippen LogP contribution in [0.4, 0.5) is 0 Å². The SMILES string of the molecule is CP(C)(=S)c1cccc(Br)c1. The Bertz CT molecular complexity index is 303. The third-order valence-corrected chi connectivity index (χ3v) is 4.08. The molecule has 0 aliphatic carbocycles. The Labute approximate surface area is 81.1 Å². The van der Waals surface area contributed by atoms with Gasteiger partial charge in [-0.05, 0) is 36.8 Å². The zero-order chi connectivity index (χ0) is 8.48. The zero-order valence-electron chi connectivity index (χ0n) is 6.54. The lowest BCUT2D eigenvalue weighted by Gasteiger charge is -2.09. The number of rotatable bonds is 1. The Morgan fingerprint density at radius 2 is 2.00 bits per heavy atom. The second kappa shape index (κ2) is 3.38. The lowest BCUT2D eigenvalue weighted by Crippen LogP contribution is -2.00. The zero-order valence-corrected chi connectivity index (χ0v) is 9.84. The van der Waals surface area contributed by atoms with Crippen molar-refractivity contribution >= 4 is 39.1 Å². The lowest BCUT2D eigenvalue weighted by molar-refractivity contribution is 1.70. The molecule has 0 nitrogen and oxygen atoms in total. The van der Waals surface area contributed by atoms with Crippen molar-refractivity contribution in [3.05, 3.63) is 28.7 Å². The Balaban J connectivity index is 3.17. The van der Waals surface area contributed by atoms with Crippen LogP contribution in [0.2, 0.25) is 0 Å². The maximum Gasteiger partial charge on any atom is 0.0181 e. The van der Waals surface area contributed by atoms with Gasteiger partial charge in [0.15, 0.2) is 0 Å². The van der Waals surface area contributed by atoms with Crippen LogP contribution < -0.4 is 5.30 Å². The molecule has 0 saturated carbocycles. The number of hydrogen-bond donors (Lipinski definition) is 0. The van der Waals surface area contributed by atoms with E-state index >= 15 is 0 Å². The van der Waals surface area contributed by atoms with E-state index in [1.807, 2.05) is 12.1 Å². The molecule has 1 aromatic carbocycles. The summed E-state index contributed by atoms with van der Waals surface area (Å²) in [6.45, 7) is 4.29. The van der Waals surface area contributed by atoms with E-state index in [0.29, 0.717) is 0 Å². The summed E-state index contributed by atoms with van der Waals surface area (Å²) in [6.07, 6.45) is 0. The quantitative estimate of drug-likeness (QED) is 0.689. The van der Waals surface area contributed by atoms with E-state index in [2.05, 4.69) is 41.4 Å². The van der Waals surface area contributed by atoms with Crippen LogP contribution in [0.5, 0.6) is 0 Å². The van der Waals surface area contributed by atoms with Crippen LogP contribution >= 0.6 is 22.0 Å². The molecule has 1 aromatic rings. The van der Waals surface area contributed by atoms with Crippen LogP contribution in [0.25, 0.3) is 0 Å². The van der Waals surface area contributed by atoms with Gasteiger partial charge in [-0.1, -0.05) is 39.9 Å². The number of hydrogen-bond acceptors (Lipinski definition) is 1. The van der Waals surface area contributed by atoms with Gasteiger partial charge in [0.2, 0.25) is 0 Å². The normalized spacial score (nSPS) is 11.5. The van der Waals surface area contributed by atoms with Gasteiger partial charge in [-0.2, -0.15) is 0 Å². The Hall–Kier alpha value is 0.350. The highest BCUT2D eigenvalue weighted by Crippen LogP contribution is 2.35. The van der Waals surface area contributed by atoms with Crippen LogP contribution in [0.3, 0.4) is 0 Å². The molecule has 0 aromatic heterocycles. The van der Waals surface area contributed by atoms with Gasteiger partial charge in [-0.3, -0.25) is 0 Å². The Morgan fingerprint density at radius 3 is 2.36 bits per heavy atom. The predicted octanol–water partition coefficient (Wildman–Crippen LogP) is 2.81. The van der Waals surface area contributed by atoms with Crippen LogP contribution in [-0.4, -0.2) is 13.3 Å². The van der Waals surface area contributed by atoms with Crippen molar-refractivity contribution in [2.45, 2.75) is 0 Å². The summed E-state index contributed by atoms with van der Waals surface area (Å²) in [6, 6.07) is 7.03. The van der Waals surface area contributed by atoms with E-state index in [4.69, 9.17) is 11.8 Å². The van der Waals surface area contributed by atoms with Gasteiger partial charge in [-0.15, -0.1) is 0 Å². The standard InChI is InChI=1S/C8H10BrPS/c1-10(2,11)8-5-3-4-7(9)6-8/h3-6H,1-2H3. The highest BCUT2D eigenvalue weighted by Gasteiger charge is 2.04. The molecule has 11 heavy (non-hydrogen) atoms. The fourth-order valence-electron chi connectivity index (χ4n) is 0.811. The van der Waals surface area contributed by atoms with Crippen molar-refractivity contribution in [1.29, 1.82) is 0 Å². The average molecular weight is 249 g/mol. The van der Waals surface area contributed by atoms with Crippen molar-refractivity contribution in [1.82, 2.24) is 0 Å². The molecule has 60 valence electrons. The van der Waals surface area contributed by atoms with Crippen molar-refractivity contribution < 1.29 is 0 Å². The minimum Gasteiger partial charge on any atom is -0.0931 e. The number of benzene rings is 1. The van der Waals surface area contributed by atoms with E-state index in [1.165, 1.54) is 5.30 Å². The Morgan fingerprint density at radius 1 is 1.36 bits per heavy atom. The second-order valence-electron chi connectivity index (χ2n) is 2.83. The van der Waals surface area contributed by atoms with Gasteiger partial charge in [0.1, 0.15) is 0 Å². The molecule has 0 saturated heterocycles. The molecule has 3 heteroatoms. The van der Waals surface area contributed by atoms with E-state index in [1.54, 1.807) is 0 Å². The van der Waals surface area contributed by atoms with Gasteiger partial charge in [0.25, 0.3) is 0 Å². The third kappa shape index (κ3) is 2.70. The molecule has 0 atom stereocenters. The molecule has 0 radical (unpaired) electrons. The second-order valence-corrected chi connectivity index (χ2v) is 9.70. The first-order valence-electron chi connectivity index (χ1n) is 3.31. The average Bonchev–Trinajstić information content (AvgIpc) is 1.86. The number of halogens is 1. The van der Waals surface area contributed by atoms with Crippen LogP contribution in [0, 0.1) is 0 Å². The van der Waals surface area contributed by atoms with Crippen LogP contribution in [-0.2, 0) is 11.8 Å². The first kappa shape index (κ1) is 9.44. The molecule has 0 fully saturated rings. The summed E-state index contributed by atoms with van der Waals surface area (Å²) >= 11 is 8.83. The summed E-state index contributed by atoms with van der Waals surface area (Å²) in [5, 5.41) is 1.29. The summed E-state index contributed by atoms with van der Waals surface area (Å²) < 4.78 is 1.12. The molecule has 0 N–H and O–H groups in total. The fraction of sp³-hybridized carbons (Fsp3) is 0.250. The van der Waals surface area contributed by atoms with Gasteiger partial charge >= 0.3 is 0 Å². The molecular formula is C8H10BrPS. The van der Waals surface area contributed by atoms with E-state index in [-0.39, 0.29) is 0 Å². The smallest absolute Gasteiger partial charge is 0.0181 e. The highest BCUT2D eigenvalue weighted by molar-refractivity contribution is 9.10. The summed E-state index contributed by atoms with van der Waals surface area (Å²) in [5.41, 5.74) is 0. The predicted molar refractivity (Wildman–Crippen MR) is 59.9 cm³/mol. The molecule has 0 aliphatic heterocycles. The summed E-state index contributed by atoms with van der Waals surface area (Å²) in [7, 11) is 0. The Kier molecular flexibility index (Phi) is 2.90. The molecule has 1 rings (SSSR count). The molecule has 0 unspecified atom stereocenters. The van der Waals surface area contributed by atoms with Crippen LogP contribution in [0.15, 0.2) is 28.7 Å². The summed E-state index contributed by atoms with van der Waals surface area (Å²) in [5.74, 6) is 0. The van der Waals surface area contributed by atoms with Crippen molar-refractivity contribution in [3.63, 3.8) is 0 Å². The lowest BCUT2D eigenvalue weighted by atomic mass is 10.4. The molecule has 0 amide bonds. The van der Waals surface area contributed by atoms with E-state index < -0.39 is 6.04 Å². The molecule has 0 aliphatic rings. The van der Waals surface area contributed by atoms with Crippen molar-refractivity contribution in [2.75, 3.05) is 13.3 Å². The first-order valence-corrected chi connectivity index (χ1v) is 7.80. The minimum absolute atomic E-state index is 1.12. The third-order valence-electron chi connectivity index (χ3n) is 1.43. The maximum atomic E-state index is 5.40. The van der Waals surface area contributed by atoms with Gasteiger partial charge in [0.05, 0.1) is 0 Å². The topological polar surface area (TPSA) is 0 Å². The molecular weight excluding hydrogens is 239 g/mol. The first-order chi connectivity index (χ1) is 5.00. The van der Waals surface area contributed by atoms with Crippen molar-refractivity contribution in [3.8, 4) is 0 Å². The molecule has 0 spiro atoms. The highest BCUT2D eigenvalue weighted by atomic mass is 79.9. The molecule has 0 bridgehead atoms. The molecule has 0 heterocycles. The van der Waals surface area contributed by atoms with Gasteiger partial charge < -0.3 is 0 Å². The van der Waals surface area contributed by atoms with E-state index in [9.17, 15) is 0 Å². The largest absolute Gasteiger partial charge is 0.0931 e.